The van der Waals surface area contributed by atoms with Crippen LogP contribution in [0.1, 0.15) is 38.5 Å². The smallest absolute Gasteiger partial charge is 0.311 e. The molecule has 4 aliphatic rings. The fraction of sp³-hybridized carbons (Fsp3) is 0.769. The molecule has 3 saturated heterocycles. The molecule has 3 aliphatic heterocycles. The zero-order chi connectivity index (χ0) is 10.8. The number of nitrogens with zero attached hydrogens (tertiary/aromatic N) is 1. The lowest BCUT2D eigenvalue weighted by Gasteiger charge is -2.37. The Morgan fingerprint density at radius 2 is 2.38 bits per heavy atom. The summed E-state index contributed by atoms with van der Waals surface area (Å²) in [7, 11) is 0. The predicted molar refractivity (Wildman–Crippen MR) is 58.9 cm³/mol. The average molecular weight is 219 g/mol. The summed E-state index contributed by atoms with van der Waals surface area (Å²) in [6.45, 7) is 1.20. The van der Waals surface area contributed by atoms with E-state index < -0.39 is 0 Å². The normalized spacial score (nSPS) is 46.0. The first-order chi connectivity index (χ1) is 7.79. The zero-order valence-corrected chi connectivity index (χ0v) is 9.45. The predicted octanol–water partition coefficient (Wildman–Crippen LogP) is 1.63. The van der Waals surface area contributed by atoms with Gasteiger partial charge in [0.05, 0.1) is 12.5 Å². The second-order valence-corrected chi connectivity index (χ2v) is 5.61. The van der Waals surface area contributed by atoms with Gasteiger partial charge in [0, 0.05) is 12.5 Å². The van der Waals surface area contributed by atoms with Gasteiger partial charge in [-0.1, -0.05) is 12.5 Å². The molecular formula is C13H17NO2. The van der Waals surface area contributed by atoms with Crippen molar-refractivity contribution in [1.29, 1.82) is 0 Å². The van der Waals surface area contributed by atoms with Gasteiger partial charge in [-0.15, -0.1) is 0 Å². The molecule has 0 amide bonds. The second-order valence-electron chi connectivity index (χ2n) is 5.61. The van der Waals surface area contributed by atoms with Crippen molar-refractivity contribution in [3.8, 4) is 0 Å². The molecule has 2 bridgehead atoms. The van der Waals surface area contributed by atoms with E-state index in [4.69, 9.17) is 4.74 Å². The topological polar surface area (TPSA) is 29.5 Å². The Kier molecular flexibility index (Phi) is 1.67. The van der Waals surface area contributed by atoms with E-state index >= 15 is 0 Å². The third-order valence-electron chi connectivity index (χ3n) is 4.90. The highest BCUT2D eigenvalue weighted by Gasteiger charge is 2.61. The maximum absolute atomic E-state index is 11.6. The van der Waals surface area contributed by atoms with E-state index in [1.54, 1.807) is 0 Å². The molecule has 0 aromatic heterocycles. The van der Waals surface area contributed by atoms with Crippen molar-refractivity contribution < 1.29 is 9.53 Å². The fourth-order valence-electron chi connectivity index (χ4n) is 4.30. The Balaban J connectivity index is 1.80. The summed E-state index contributed by atoms with van der Waals surface area (Å²) in [6, 6.07) is 1.13. The number of fused-ring (bicyclic) bond motifs is 3. The molecule has 0 radical (unpaired) electrons. The van der Waals surface area contributed by atoms with Gasteiger partial charge in [-0.3, -0.25) is 9.69 Å². The fourth-order valence-corrected chi connectivity index (χ4v) is 4.30. The van der Waals surface area contributed by atoms with Crippen LogP contribution < -0.4 is 0 Å². The van der Waals surface area contributed by atoms with Gasteiger partial charge in [-0.25, -0.2) is 0 Å². The molecule has 86 valence electrons. The number of carbonyl (C=O) groups excluding carboxylic acids is 1. The molecule has 3 heterocycles. The minimum absolute atomic E-state index is 0.000626. The summed E-state index contributed by atoms with van der Waals surface area (Å²) < 4.78 is 5.76. The van der Waals surface area contributed by atoms with Crippen molar-refractivity contribution in [3.63, 3.8) is 0 Å². The minimum atomic E-state index is -0.194. The van der Waals surface area contributed by atoms with Gasteiger partial charge in [0.1, 0.15) is 0 Å². The van der Waals surface area contributed by atoms with Crippen molar-refractivity contribution in [3.05, 3.63) is 11.6 Å². The van der Waals surface area contributed by atoms with Crippen molar-refractivity contribution >= 4 is 5.97 Å². The first-order valence-electron chi connectivity index (χ1n) is 6.47. The molecule has 3 nitrogen and oxygen atoms in total. The summed E-state index contributed by atoms with van der Waals surface area (Å²) in [5.74, 6) is -0.000626. The molecule has 1 spiro atoms. The summed E-state index contributed by atoms with van der Waals surface area (Å²) in [5, 5.41) is 0. The Morgan fingerprint density at radius 3 is 3.31 bits per heavy atom. The second kappa shape index (κ2) is 2.89. The standard InChI is InChI=1S/C13H17NO2/c15-12-7-9-4-5-10-8-13(9,16-12)11-3-1-2-6-14(10)11/h4,10-11H,1-3,5-8H2/t10?,11-,13?/m0/s1. The molecule has 3 atom stereocenters. The van der Waals surface area contributed by atoms with Crippen LogP contribution in [0, 0.1) is 0 Å². The Morgan fingerprint density at radius 1 is 1.44 bits per heavy atom. The van der Waals surface area contributed by atoms with Gasteiger partial charge in [0.15, 0.2) is 5.60 Å². The van der Waals surface area contributed by atoms with E-state index in [1.807, 2.05) is 0 Å². The first-order valence-corrected chi connectivity index (χ1v) is 6.47. The van der Waals surface area contributed by atoms with E-state index in [2.05, 4.69) is 11.0 Å². The van der Waals surface area contributed by atoms with Gasteiger partial charge < -0.3 is 4.74 Å². The van der Waals surface area contributed by atoms with Gasteiger partial charge in [-0.05, 0) is 31.4 Å². The van der Waals surface area contributed by atoms with Crippen molar-refractivity contribution in [2.75, 3.05) is 6.54 Å². The van der Waals surface area contributed by atoms with Crippen molar-refractivity contribution in [2.45, 2.75) is 56.2 Å². The average Bonchev–Trinajstić information content (AvgIpc) is 2.76. The van der Waals surface area contributed by atoms with Crippen LogP contribution in [0.2, 0.25) is 0 Å². The number of piperidine rings is 1. The maximum atomic E-state index is 11.6. The van der Waals surface area contributed by atoms with E-state index in [0.29, 0.717) is 18.5 Å². The molecule has 1 aliphatic carbocycles. The third-order valence-corrected chi connectivity index (χ3v) is 4.90. The third kappa shape index (κ3) is 0.956. The highest BCUT2D eigenvalue weighted by molar-refractivity contribution is 5.78. The first kappa shape index (κ1) is 9.23. The summed E-state index contributed by atoms with van der Waals surface area (Å²) >= 11 is 0. The van der Waals surface area contributed by atoms with E-state index in [0.717, 1.165) is 12.8 Å². The molecule has 4 rings (SSSR count). The minimum Gasteiger partial charge on any atom is -0.453 e. The molecule has 3 fully saturated rings. The van der Waals surface area contributed by atoms with Crippen LogP contribution in [0.3, 0.4) is 0 Å². The van der Waals surface area contributed by atoms with E-state index in [9.17, 15) is 4.79 Å². The van der Waals surface area contributed by atoms with Crippen molar-refractivity contribution in [2.24, 2.45) is 0 Å². The van der Waals surface area contributed by atoms with Gasteiger partial charge in [-0.2, -0.15) is 0 Å². The number of hydrogen-bond donors (Lipinski definition) is 0. The summed E-state index contributed by atoms with van der Waals surface area (Å²) in [5.41, 5.74) is 1.10. The highest BCUT2D eigenvalue weighted by Crippen LogP contribution is 2.53. The monoisotopic (exact) mass is 219 g/mol. The number of hydrogen-bond acceptors (Lipinski definition) is 3. The van der Waals surface area contributed by atoms with Crippen LogP contribution in [0.25, 0.3) is 0 Å². The largest absolute Gasteiger partial charge is 0.453 e. The van der Waals surface area contributed by atoms with Crippen molar-refractivity contribution in [1.82, 2.24) is 4.90 Å². The lowest BCUT2D eigenvalue weighted by Crippen LogP contribution is -2.47. The molecule has 0 aromatic carbocycles. The number of carbonyl (C=O) groups is 1. The maximum Gasteiger partial charge on any atom is 0.311 e. The lowest BCUT2D eigenvalue weighted by atomic mass is 9.79. The highest BCUT2D eigenvalue weighted by atomic mass is 16.6. The molecule has 0 N–H and O–H groups in total. The molecule has 0 aromatic rings. The van der Waals surface area contributed by atoms with Crippen LogP contribution in [0.5, 0.6) is 0 Å². The van der Waals surface area contributed by atoms with Crippen LogP contribution in [0.4, 0.5) is 0 Å². The van der Waals surface area contributed by atoms with Gasteiger partial charge in [0.25, 0.3) is 0 Å². The quantitative estimate of drug-likeness (QED) is 0.458. The van der Waals surface area contributed by atoms with E-state index in [-0.39, 0.29) is 11.6 Å². The Hall–Kier alpha value is -0.830. The van der Waals surface area contributed by atoms with Crippen LogP contribution in [0.15, 0.2) is 11.6 Å². The van der Waals surface area contributed by atoms with Crippen LogP contribution >= 0.6 is 0 Å². The van der Waals surface area contributed by atoms with Crippen LogP contribution in [-0.2, 0) is 9.53 Å². The summed E-state index contributed by atoms with van der Waals surface area (Å²) in [4.78, 5) is 14.2. The molecule has 3 heteroatoms. The Labute approximate surface area is 95.4 Å². The number of esters is 1. The number of rotatable bonds is 0. The SMILES string of the molecule is O=C1CC2=CCC3CC2(O1)[C@@H]1CCCCN31. The molecular weight excluding hydrogens is 202 g/mol. The van der Waals surface area contributed by atoms with E-state index in [1.165, 1.54) is 31.4 Å². The lowest BCUT2D eigenvalue weighted by molar-refractivity contribution is -0.149. The van der Waals surface area contributed by atoms with Gasteiger partial charge >= 0.3 is 5.97 Å². The van der Waals surface area contributed by atoms with Crippen LogP contribution in [-0.4, -0.2) is 35.1 Å². The number of ether oxygens (including phenoxy) is 1. The molecule has 16 heavy (non-hydrogen) atoms. The Bertz CT molecular complexity index is 389. The molecule has 2 unspecified atom stereocenters. The summed E-state index contributed by atoms with van der Waals surface area (Å²) in [6.07, 6.45) is 8.85. The van der Waals surface area contributed by atoms with Gasteiger partial charge in [0.2, 0.25) is 0 Å². The zero-order valence-electron chi connectivity index (χ0n) is 9.45. The molecule has 0 saturated carbocycles.